The normalized spacial score (nSPS) is 10.5. The maximum atomic E-state index is 12.5. The first-order chi connectivity index (χ1) is 10.8. The van der Waals surface area contributed by atoms with E-state index in [1.54, 1.807) is 26.0 Å². The van der Waals surface area contributed by atoms with E-state index >= 15 is 0 Å². The third-order valence-corrected chi connectivity index (χ3v) is 4.15. The molecule has 0 radical (unpaired) electrons. The Morgan fingerprint density at radius 3 is 2.39 bits per heavy atom. The molecular formula is C17H19ClN2O3. The van der Waals surface area contributed by atoms with Gasteiger partial charge in [0.05, 0.1) is 12.8 Å². The van der Waals surface area contributed by atoms with Crippen LogP contribution in [0.3, 0.4) is 0 Å². The number of rotatable bonds is 4. The largest absolute Gasteiger partial charge is 0.495 e. The van der Waals surface area contributed by atoms with Crippen molar-refractivity contribution in [2.45, 2.75) is 27.7 Å². The molecule has 0 atom stereocenters. The summed E-state index contributed by atoms with van der Waals surface area (Å²) in [5.74, 6) is 0.0648. The minimum Gasteiger partial charge on any atom is -0.495 e. The smallest absolute Gasteiger partial charge is 0.272 e. The van der Waals surface area contributed by atoms with Gasteiger partial charge in [0, 0.05) is 22.3 Å². The molecule has 0 fully saturated rings. The Morgan fingerprint density at radius 2 is 1.87 bits per heavy atom. The van der Waals surface area contributed by atoms with Crippen molar-refractivity contribution in [1.82, 2.24) is 4.98 Å². The van der Waals surface area contributed by atoms with Crippen LogP contribution in [0.15, 0.2) is 12.1 Å². The predicted octanol–water partition coefficient (Wildman–Crippen LogP) is 4.06. The van der Waals surface area contributed by atoms with Gasteiger partial charge in [-0.2, -0.15) is 0 Å². The quantitative estimate of drug-likeness (QED) is 0.828. The standard InChI is InChI=1S/C17H19ClN2O3/c1-8-6-13(14(23-5)7-12(8)18)20-17(22)16-9(2)15(11(4)21)10(3)19-16/h6-7,19H,1-5H3,(H,20,22). The molecule has 0 bridgehead atoms. The minimum absolute atomic E-state index is 0.0739. The number of ketones is 1. The molecule has 0 aliphatic carbocycles. The molecule has 2 aromatic rings. The van der Waals surface area contributed by atoms with Gasteiger partial charge in [0.25, 0.3) is 5.91 Å². The van der Waals surface area contributed by atoms with Crippen molar-refractivity contribution in [2.75, 3.05) is 12.4 Å². The van der Waals surface area contributed by atoms with Crippen LogP contribution in [0.2, 0.25) is 5.02 Å². The van der Waals surface area contributed by atoms with Crippen molar-refractivity contribution in [3.8, 4) is 5.75 Å². The predicted molar refractivity (Wildman–Crippen MR) is 91.0 cm³/mol. The van der Waals surface area contributed by atoms with Gasteiger partial charge in [0.1, 0.15) is 11.4 Å². The third kappa shape index (κ3) is 3.24. The van der Waals surface area contributed by atoms with E-state index in [1.807, 2.05) is 6.92 Å². The molecule has 1 aromatic heterocycles. The zero-order valence-corrected chi connectivity index (χ0v) is 14.5. The fourth-order valence-corrected chi connectivity index (χ4v) is 2.77. The molecule has 0 aliphatic heterocycles. The monoisotopic (exact) mass is 334 g/mol. The first-order valence-electron chi connectivity index (χ1n) is 7.11. The first-order valence-corrected chi connectivity index (χ1v) is 7.49. The number of nitrogens with one attached hydrogen (secondary N) is 2. The summed E-state index contributed by atoms with van der Waals surface area (Å²) in [5.41, 5.74) is 3.58. The zero-order valence-electron chi connectivity index (χ0n) is 13.8. The van der Waals surface area contributed by atoms with Gasteiger partial charge < -0.3 is 15.0 Å². The second-order valence-corrected chi connectivity index (χ2v) is 5.84. The van der Waals surface area contributed by atoms with E-state index < -0.39 is 0 Å². The Kier molecular flexibility index (Phi) is 4.80. The highest BCUT2D eigenvalue weighted by atomic mass is 35.5. The van der Waals surface area contributed by atoms with Crippen LogP contribution in [0.5, 0.6) is 5.75 Å². The number of anilines is 1. The number of methoxy groups -OCH3 is 1. The highest BCUT2D eigenvalue weighted by Crippen LogP contribution is 2.31. The number of hydrogen-bond donors (Lipinski definition) is 2. The number of aromatic nitrogens is 1. The van der Waals surface area contributed by atoms with Crippen molar-refractivity contribution < 1.29 is 14.3 Å². The summed E-state index contributed by atoms with van der Waals surface area (Å²) < 4.78 is 5.25. The van der Waals surface area contributed by atoms with Crippen molar-refractivity contribution in [3.63, 3.8) is 0 Å². The van der Waals surface area contributed by atoms with Gasteiger partial charge in [-0.1, -0.05) is 11.6 Å². The first kappa shape index (κ1) is 17.1. The van der Waals surface area contributed by atoms with Crippen molar-refractivity contribution in [1.29, 1.82) is 0 Å². The molecule has 6 heteroatoms. The van der Waals surface area contributed by atoms with Crippen LogP contribution in [0.25, 0.3) is 0 Å². The highest BCUT2D eigenvalue weighted by Gasteiger charge is 2.21. The number of ether oxygens (including phenoxy) is 1. The number of H-pyrrole nitrogens is 1. The highest BCUT2D eigenvalue weighted by molar-refractivity contribution is 6.31. The lowest BCUT2D eigenvalue weighted by atomic mass is 10.1. The van der Waals surface area contributed by atoms with E-state index in [0.29, 0.717) is 39.0 Å². The van der Waals surface area contributed by atoms with Crippen molar-refractivity contribution >= 4 is 29.0 Å². The Morgan fingerprint density at radius 1 is 1.22 bits per heavy atom. The second kappa shape index (κ2) is 6.46. The van der Waals surface area contributed by atoms with E-state index in [4.69, 9.17) is 16.3 Å². The van der Waals surface area contributed by atoms with Crippen LogP contribution in [0.4, 0.5) is 5.69 Å². The molecule has 0 unspecified atom stereocenters. The Hall–Kier alpha value is -2.27. The molecule has 2 rings (SSSR count). The summed E-state index contributed by atoms with van der Waals surface area (Å²) >= 11 is 6.07. The number of Topliss-reactive ketones (excluding diaryl/α,β-unsaturated/α-hetero) is 1. The van der Waals surface area contributed by atoms with Crippen LogP contribution in [0, 0.1) is 20.8 Å². The number of aromatic amines is 1. The molecule has 0 saturated carbocycles. The fraction of sp³-hybridized carbons (Fsp3) is 0.294. The molecule has 0 saturated heterocycles. The SMILES string of the molecule is COc1cc(Cl)c(C)cc1NC(=O)c1[nH]c(C)c(C(C)=O)c1C. The Balaban J connectivity index is 2.39. The maximum Gasteiger partial charge on any atom is 0.272 e. The number of amides is 1. The summed E-state index contributed by atoms with van der Waals surface area (Å²) in [6, 6.07) is 3.40. The van der Waals surface area contributed by atoms with E-state index in [1.165, 1.54) is 14.0 Å². The van der Waals surface area contributed by atoms with Gasteiger partial charge in [-0.3, -0.25) is 9.59 Å². The third-order valence-electron chi connectivity index (χ3n) is 3.75. The van der Waals surface area contributed by atoms with Gasteiger partial charge in [0.2, 0.25) is 0 Å². The lowest BCUT2D eigenvalue weighted by Crippen LogP contribution is -2.14. The molecule has 5 nitrogen and oxygen atoms in total. The number of aryl methyl sites for hydroxylation is 2. The van der Waals surface area contributed by atoms with Gasteiger partial charge in [-0.05, 0) is 44.9 Å². The van der Waals surface area contributed by atoms with Crippen LogP contribution >= 0.6 is 11.6 Å². The summed E-state index contributed by atoms with van der Waals surface area (Å²) in [4.78, 5) is 27.2. The van der Waals surface area contributed by atoms with E-state index in [-0.39, 0.29) is 11.7 Å². The molecule has 1 amide bonds. The van der Waals surface area contributed by atoms with Crippen LogP contribution in [0.1, 0.15) is 44.6 Å². The molecule has 0 spiro atoms. The average Bonchev–Trinajstić information content (AvgIpc) is 2.77. The summed E-state index contributed by atoms with van der Waals surface area (Å²) in [6.45, 7) is 6.85. The number of carbonyl (C=O) groups excluding carboxylic acids is 2. The molecular weight excluding hydrogens is 316 g/mol. The fourth-order valence-electron chi connectivity index (χ4n) is 2.62. The second-order valence-electron chi connectivity index (χ2n) is 5.44. The Labute approximate surface area is 140 Å². The summed E-state index contributed by atoms with van der Waals surface area (Å²) in [5, 5.41) is 3.36. The lowest BCUT2D eigenvalue weighted by Gasteiger charge is -2.12. The van der Waals surface area contributed by atoms with Gasteiger partial charge in [-0.15, -0.1) is 0 Å². The molecule has 23 heavy (non-hydrogen) atoms. The van der Waals surface area contributed by atoms with Gasteiger partial charge in [0.15, 0.2) is 5.78 Å². The minimum atomic E-state index is -0.335. The molecule has 1 aromatic carbocycles. The lowest BCUT2D eigenvalue weighted by molar-refractivity contribution is 0.101. The van der Waals surface area contributed by atoms with Crippen LogP contribution < -0.4 is 10.1 Å². The van der Waals surface area contributed by atoms with E-state index in [9.17, 15) is 9.59 Å². The summed E-state index contributed by atoms with van der Waals surface area (Å²) in [6.07, 6.45) is 0. The number of halogens is 1. The van der Waals surface area contributed by atoms with Crippen LogP contribution in [-0.2, 0) is 0 Å². The topological polar surface area (TPSA) is 71.2 Å². The maximum absolute atomic E-state index is 12.5. The number of benzene rings is 1. The van der Waals surface area contributed by atoms with Gasteiger partial charge >= 0.3 is 0 Å². The molecule has 122 valence electrons. The molecule has 2 N–H and O–H groups in total. The molecule has 0 aliphatic rings. The molecule has 1 heterocycles. The number of hydrogen-bond acceptors (Lipinski definition) is 3. The van der Waals surface area contributed by atoms with Crippen LogP contribution in [-0.4, -0.2) is 23.8 Å². The van der Waals surface area contributed by atoms with Crippen molar-refractivity contribution in [2.24, 2.45) is 0 Å². The average molecular weight is 335 g/mol. The number of carbonyl (C=O) groups is 2. The zero-order chi connectivity index (χ0) is 17.3. The summed E-state index contributed by atoms with van der Waals surface area (Å²) in [7, 11) is 1.51. The van der Waals surface area contributed by atoms with E-state index in [2.05, 4.69) is 10.3 Å². The van der Waals surface area contributed by atoms with Crippen molar-refractivity contribution in [3.05, 3.63) is 45.2 Å². The van der Waals surface area contributed by atoms with E-state index in [0.717, 1.165) is 5.56 Å². The van der Waals surface area contributed by atoms with Gasteiger partial charge in [-0.25, -0.2) is 0 Å². The Bertz CT molecular complexity index is 794.